The molecular formula is C17H23N3O. The highest BCUT2D eigenvalue weighted by molar-refractivity contribution is 5.93. The van der Waals surface area contributed by atoms with Gasteiger partial charge >= 0.3 is 0 Å². The van der Waals surface area contributed by atoms with Crippen LogP contribution in [0.3, 0.4) is 0 Å². The van der Waals surface area contributed by atoms with Crippen LogP contribution in [0.15, 0.2) is 24.4 Å². The summed E-state index contributed by atoms with van der Waals surface area (Å²) in [5.74, 6) is -0.0383. The topological polar surface area (TPSA) is 46.4 Å². The number of carbonyl (C=O) groups excluding carboxylic acids is 1. The number of aromatic nitrogens is 2. The Morgan fingerprint density at radius 2 is 1.90 bits per heavy atom. The Balaban J connectivity index is 1.72. The number of nitrogens with zero attached hydrogens (tertiary/aromatic N) is 2. The van der Waals surface area contributed by atoms with Gasteiger partial charge in [-0.05, 0) is 31.9 Å². The number of aryl methyl sites for hydroxylation is 1. The average Bonchev–Trinajstić information content (AvgIpc) is 2.87. The zero-order chi connectivity index (χ0) is 14.7. The van der Waals surface area contributed by atoms with Gasteiger partial charge in [0.2, 0.25) is 0 Å². The molecule has 0 aliphatic heterocycles. The summed E-state index contributed by atoms with van der Waals surface area (Å²) in [7, 11) is 0. The Hall–Kier alpha value is -1.84. The molecule has 0 bridgehead atoms. The number of rotatable bonds is 2. The van der Waals surface area contributed by atoms with Gasteiger partial charge in [0, 0.05) is 17.9 Å². The van der Waals surface area contributed by atoms with Gasteiger partial charge in [0.05, 0.1) is 0 Å². The largest absolute Gasteiger partial charge is 0.348 e. The molecule has 2 aromatic rings. The van der Waals surface area contributed by atoms with E-state index in [-0.39, 0.29) is 5.91 Å². The number of nitrogens with one attached hydrogen (secondary N) is 1. The molecule has 3 rings (SSSR count). The SMILES string of the molecule is Cc1cccc2nc(C(=O)NC3CCCCCCC3)cn12. The Bertz CT molecular complexity index is 624. The third-order valence-corrected chi connectivity index (χ3v) is 4.37. The summed E-state index contributed by atoms with van der Waals surface area (Å²) in [4.78, 5) is 16.8. The molecule has 1 amide bonds. The third kappa shape index (κ3) is 3.26. The molecule has 0 unspecified atom stereocenters. The minimum absolute atomic E-state index is 0.0383. The van der Waals surface area contributed by atoms with Gasteiger partial charge in [-0.15, -0.1) is 0 Å². The molecule has 0 aromatic carbocycles. The number of hydrogen-bond acceptors (Lipinski definition) is 2. The molecule has 0 spiro atoms. The molecule has 0 saturated heterocycles. The number of carbonyl (C=O) groups is 1. The normalized spacial score (nSPS) is 17.4. The highest BCUT2D eigenvalue weighted by Crippen LogP contribution is 2.17. The highest BCUT2D eigenvalue weighted by Gasteiger charge is 2.17. The average molecular weight is 285 g/mol. The number of pyridine rings is 1. The fourth-order valence-electron chi connectivity index (χ4n) is 3.12. The quantitative estimate of drug-likeness (QED) is 0.918. The summed E-state index contributed by atoms with van der Waals surface area (Å²) in [6.07, 6.45) is 10.4. The first-order valence-electron chi connectivity index (χ1n) is 7.99. The van der Waals surface area contributed by atoms with Crippen molar-refractivity contribution in [3.63, 3.8) is 0 Å². The predicted octanol–water partition coefficient (Wildman–Crippen LogP) is 3.49. The lowest BCUT2D eigenvalue weighted by Gasteiger charge is -2.20. The van der Waals surface area contributed by atoms with Crippen LogP contribution in [0.4, 0.5) is 0 Å². The van der Waals surface area contributed by atoms with Gasteiger partial charge < -0.3 is 9.72 Å². The van der Waals surface area contributed by atoms with Crippen LogP contribution >= 0.6 is 0 Å². The molecule has 0 atom stereocenters. The number of fused-ring (bicyclic) bond motifs is 1. The molecule has 0 radical (unpaired) electrons. The van der Waals surface area contributed by atoms with E-state index in [1.807, 2.05) is 35.7 Å². The van der Waals surface area contributed by atoms with Crippen LogP contribution in [0.25, 0.3) is 5.65 Å². The smallest absolute Gasteiger partial charge is 0.271 e. The monoisotopic (exact) mass is 285 g/mol. The first-order valence-corrected chi connectivity index (χ1v) is 7.99. The zero-order valence-electron chi connectivity index (χ0n) is 12.6. The van der Waals surface area contributed by atoms with E-state index in [0.29, 0.717) is 11.7 Å². The number of imidazole rings is 1. The summed E-state index contributed by atoms with van der Waals surface area (Å²) in [5.41, 5.74) is 2.44. The van der Waals surface area contributed by atoms with Gasteiger partial charge in [-0.25, -0.2) is 4.98 Å². The fraction of sp³-hybridized carbons (Fsp3) is 0.529. The Kier molecular flexibility index (Phi) is 4.23. The van der Waals surface area contributed by atoms with E-state index in [1.165, 1.54) is 32.1 Å². The van der Waals surface area contributed by atoms with Crippen LogP contribution < -0.4 is 5.32 Å². The maximum atomic E-state index is 12.4. The lowest BCUT2D eigenvalue weighted by Crippen LogP contribution is -2.35. The standard InChI is InChI=1S/C17H23N3O/c1-13-8-7-11-16-19-15(12-20(13)16)17(21)18-14-9-5-3-2-4-6-10-14/h7-8,11-12,14H,2-6,9-10H2,1H3,(H,18,21). The number of amides is 1. The van der Waals surface area contributed by atoms with Crippen LogP contribution in [-0.4, -0.2) is 21.3 Å². The Morgan fingerprint density at radius 1 is 1.19 bits per heavy atom. The molecule has 4 heteroatoms. The predicted molar refractivity (Wildman–Crippen MR) is 83.5 cm³/mol. The van der Waals surface area contributed by atoms with E-state index in [9.17, 15) is 4.79 Å². The van der Waals surface area contributed by atoms with E-state index < -0.39 is 0 Å². The highest BCUT2D eigenvalue weighted by atomic mass is 16.2. The molecule has 2 heterocycles. The Labute approximate surface area is 125 Å². The molecule has 1 N–H and O–H groups in total. The van der Waals surface area contributed by atoms with Gasteiger partial charge in [0.1, 0.15) is 11.3 Å². The molecule has 2 aromatic heterocycles. The van der Waals surface area contributed by atoms with Crippen molar-refractivity contribution >= 4 is 11.6 Å². The molecular weight excluding hydrogens is 262 g/mol. The van der Waals surface area contributed by atoms with Gasteiger partial charge in [-0.1, -0.05) is 38.2 Å². The van der Waals surface area contributed by atoms with Crippen molar-refractivity contribution in [2.45, 2.75) is 57.9 Å². The minimum Gasteiger partial charge on any atom is -0.348 e. The van der Waals surface area contributed by atoms with Crippen LogP contribution in [0.2, 0.25) is 0 Å². The molecule has 4 nitrogen and oxygen atoms in total. The maximum Gasteiger partial charge on any atom is 0.271 e. The van der Waals surface area contributed by atoms with Gasteiger partial charge in [-0.2, -0.15) is 0 Å². The van der Waals surface area contributed by atoms with Crippen molar-refractivity contribution in [3.05, 3.63) is 35.8 Å². The van der Waals surface area contributed by atoms with E-state index in [0.717, 1.165) is 24.2 Å². The summed E-state index contributed by atoms with van der Waals surface area (Å²) in [6, 6.07) is 6.22. The minimum atomic E-state index is -0.0383. The van der Waals surface area contributed by atoms with Gasteiger partial charge in [-0.3, -0.25) is 4.79 Å². The lowest BCUT2D eigenvalue weighted by atomic mass is 9.97. The summed E-state index contributed by atoms with van der Waals surface area (Å²) < 4.78 is 1.97. The second-order valence-electron chi connectivity index (χ2n) is 6.04. The molecule has 1 saturated carbocycles. The van der Waals surface area contributed by atoms with Crippen molar-refractivity contribution in [1.29, 1.82) is 0 Å². The summed E-state index contributed by atoms with van der Waals surface area (Å²) in [5, 5.41) is 3.17. The Morgan fingerprint density at radius 3 is 2.62 bits per heavy atom. The van der Waals surface area contributed by atoms with Crippen molar-refractivity contribution in [1.82, 2.24) is 14.7 Å². The van der Waals surface area contributed by atoms with Crippen LogP contribution in [-0.2, 0) is 0 Å². The van der Waals surface area contributed by atoms with E-state index in [2.05, 4.69) is 10.3 Å². The summed E-state index contributed by atoms with van der Waals surface area (Å²) in [6.45, 7) is 2.02. The molecule has 112 valence electrons. The van der Waals surface area contributed by atoms with Gasteiger partial charge in [0.25, 0.3) is 5.91 Å². The fourth-order valence-corrected chi connectivity index (χ4v) is 3.12. The van der Waals surface area contributed by atoms with E-state index >= 15 is 0 Å². The second-order valence-corrected chi connectivity index (χ2v) is 6.04. The molecule has 21 heavy (non-hydrogen) atoms. The van der Waals surface area contributed by atoms with Crippen molar-refractivity contribution in [3.8, 4) is 0 Å². The number of hydrogen-bond donors (Lipinski definition) is 1. The maximum absolute atomic E-state index is 12.4. The first kappa shape index (κ1) is 14.1. The molecule has 1 aliphatic carbocycles. The molecule has 1 fully saturated rings. The third-order valence-electron chi connectivity index (χ3n) is 4.37. The van der Waals surface area contributed by atoms with Gasteiger partial charge in [0.15, 0.2) is 0 Å². The second kappa shape index (κ2) is 6.29. The van der Waals surface area contributed by atoms with E-state index in [4.69, 9.17) is 0 Å². The van der Waals surface area contributed by atoms with Crippen LogP contribution in [0.5, 0.6) is 0 Å². The van der Waals surface area contributed by atoms with Crippen LogP contribution in [0, 0.1) is 6.92 Å². The van der Waals surface area contributed by atoms with Crippen molar-refractivity contribution in [2.75, 3.05) is 0 Å². The van der Waals surface area contributed by atoms with Crippen LogP contribution in [0.1, 0.15) is 61.1 Å². The van der Waals surface area contributed by atoms with Crippen molar-refractivity contribution < 1.29 is 4.79 Å². The van der Waals surface area contributed by atoms with Crippen molar-refractivity contribution in [2.24, 2.45) is 0 Å². The van der Waals surface area contributed by atoms with E-state index in [1.54, 1.807) is 0 Å². The first-order chi connectivity index (χ1) is 10.2. The lowest BCUT2D eigenvalue weighted by molar-refractivity contribution is 0.0926. The molecule has 1 aliphatic rings. The summed E-state index contributed by atoms with van der Waals surface area (Å²) >= 11 is 0. The zero-order valence-corrected chi connectivity index (χ0v) is 12.6.